The number of imidazole rings is 1. The highest BCUT2D eigenvalue weighted by molar-refractivity contribution is 5.80. The first-order valence-corrected chi connectivity index (χ1v) is 9.26. The zero-order valence-electron chi connectivity index (χ0n) is 16.1. The molecule has 2 aromatic carbocycles. The Kier molecular flexibility index (Phi) is 6.06. The Morgan fingerprint density at radius 2 is 2.00 bits per heavy atom. The molecule has 0 aliphatic rings. The first kappa shape index (κ1) is 18.9. The van der Waals surface area contributed by atoms with Gasteiger partial charge in [-0.2, -0.15) is 0 Å². The lowest BCUT2D eigenvalue weighted by atomic mass is 10.1. The van der Waals surface area contributed by atoms with E-state index < -0.39 is 0 Å². The van der Waals surface area contributed by atoms with Crippen molar-refractivity contribution in [1.82, 2.24) is 20.2 Å². The lowest BCUT2D eigenvalue weighted by molar-refractivity contribution is 0.625. The standard InChI is InChI=1S/C21H26FN5/c1-4-23-21(24-12-11-16-9-10-17(22)13-15(16)2)25-14-20-26-18-7-5-6-8-19(18)27(20)3/h5-10,13H,4,11-12,14H2,1-3H3,(H2,23,24,25). The average molecular weight is 367 g/mol. The summed E-state index contributed by atoms with van der Waals surface area (Å²) in [6.07, 6.45) is 0.808. The van der Waals surface area contributed by atoms with Gasteiger partial charge in [0.25, 0.3) is 0 Å². The average Bonchev–Trinajstić information content (AvgIpc) is 2.98. The Bertz CT molecular complexity index is 945. The van der Waals surface area contributed by atoms with Crippen LogP contribution in [0.25, 0.3) is 11.0 Å². The lowest BCUT2D eigenvalue weighted by Gasteiger charge is -2.12. The number of fused-ring (bicyclic) bond motifs is 1. The highest BCUT2D eigenvalue weighted by Crippen LogP contribution is 2.14. The van der Waals surface area contributed by atoms with Crippen LogP contribution in [0.3, 0.4) is 0 Å². The fourth-order valence-corrected chi connectivity index (χ4v) is 3.08. The van der Waals surface area contributed by atoms with Gasteiger partial charge in [0.1, 0.15) is 18.2 Å². The zero-order chi connectivity index (χ0) is 19.2. The first-order valence-electron chi connectivity index (χ1n) is 9.26. The quantitative estimate of drug-likeness (QED) is 0.519. The van der Waals surface area contributed by atoms with Crippen LogP contribution in [0.2, 0.25) is 0 Å². The minimum atomic E-state index is -0.193. The van der Waals surface area contributed by atoms with Crippen molar-refractivity contribution in [2.45, 2.75) is 26.8 Å². The number of nitrogens with zero attached hydrogens (tertiary/aromatic N) is 3. The summed E-state index contributed by atoms with van der Waals surface area (Å²) >= 11 is 0. The molecule has 0 amide bonds. The van der Waals surface area contributed by atoms with Gasteiger partial charge in [0, 0.05) is 20.1 Å². The topological polar surface area (TPSA) is 54.2 Å². The number of benzene rings is 2. The van der Waals surface area contributed by atoms with E-state index in [1.807, 2.05) is 45.2 Å². The van der Waals surface area contributed by atoms with Crippen LogP contribution in [-0.4, -0.2) is 28.6 Å². The van der Waals surface area contributed by atoms with Crippen molar-refractivity contribution in [2.75, 3.05) is 13.1 Å². The van der Waals surface area contributed by atoms with Crippen LogP contribution in [0.1, 0.15) is 23.9 Å². The minimum absolute atomic E-state index is 0.193. The number of aromatic nitrogens is 2. The van der Waals surface area contributed by atoms with E-state index in [1.54, 1.807) is 6.07 Å². The summed E-state index contributed by atoms with van der Waals surface area (Å²) in [5.74, 6) is 1.48. The number of guanidine groups is 1. The van der Waals surface area contributed by atoms with E-state index in [-0.39, 0.29) is 5.82 Å². The third kappa shape index (κ3) is 4.64. The maximum Gasteiger partial charge on any atom is 0.191 e. The summed E-state index contributed by atoms with van der Waals surface area (Å²) in [5.41, 5.74) is 4.19. The van der Waals surface area contributed by atoms with Gasteiger partial charge in [0.15, 0.2) is 5.96 Å². The minimum Gasteiger partial charge on any atom is -0.357 e. The molecule has 5 nitrogen and oxygen atoms in total. The molecular formula is C21H26FN5. The van der Waals surface area contributed by atoms with Crippen molar-refractivity contribution in [3.63, 3.8) is 0 Å². The molecule has 2 N–H and O–H groups in total. The van der Waals surface area contributed by atoms with Crippen molar-refractivity contribution in [1.29, 1.82) is 0 Å². The third-order valence-electron chi connectivity index (χ3n) is 4.59. The van der Waals surface area contributed by atoms with Crippen LogP contribution in [0.4, 0.5) is 4.39 Å². The lowest BCUT2D eigenvalue weighted by Crippen LogP contribution is -2.38. The second kappa shape index (κ2) is 8.66. The van der Waals surface area contributed by atoms with Gasteiger partial charge in [0.2, 0.25) is 0 Å². The molecule has 142 valence electrons. The second-order valence-corrected chi connectivity index (χ2v) is 6.52. The van der Waals surface area contributed by atoms with E-state index in [0.717, 1.165) is 53.5 Å². The van der Waals surface area contributed by atoms with E-state index in [1.165, 1.54) is 6.07 Å². The Balaban J connectivity index is 1.64. The van der Waals surface area contributed by atoms with E-state index in [4.69, 9.17) is 0 Å². The Morgan fingerprint density at radius 1 is 1.19 bits per heavy atom. The van der Waals surface area contributed by atoms with E-state index >= 15 is 0 Å². The van der Waals surface area contributed by atoms with Crippen LogP contribution in [-0.2, 0) is 20.0 Å². The molecule has 1 aromatic heterocycles. The maximum atomic E-state index is 13.2. The summed E-state index contributed by atoms with van der Waals surface area (Å²) in [6, 6.07) is 13.0. The number of halogens is 1. The predicted molar refractivity (Wildman–Crippen MR) is 108 cm³/mol. The molecule has 3 aromatic rings. The fraction of sp³-hybridized carbons (Fsp3) is 0.333. The van der Waals surface area contributed by atoms with Crippen molar-refractivity contribution >= 4 is 17.0 Å². The van der Waals surface area contributed by atoms with Gasteiger partial charge >= 0.3 is 0 Å². The first-order chi connectivity index (χ1) is 13.1. The molecule has 27 heavy (non-hydrogen) atoms. The number of para-hydroxylation sites is 2. The number of rotatable bonds is 6. The van der Waals surface area contributed by atoms with Crippen LogP contribution in [0.5, 0.6) is 0 Å². The molecule has 0 radical (unpaired) electrons. The van der Waals surface area contributed by atoms with Gasteiger partial charge in [0.05, 0.1) is 11.0 Å². The Hall–Kier alpha value is -2.89. The smallest absolute Gasteiger partial charge is 0.191 e. The van der Waals surface area contributed by atoms with Gasteiger partial charge in [-0.25, -0.2) is 14.4 Å². The third-order valence-corrected chi connectivity index (χ3v) is 4.59. The molecule has 0 bridgehead atoms. The van der Waals surface area contributed by atoms with Crippen LogP contribution in [0, 0.1) is 12.7 Å². The van der Waals surface area contributed by atoms with Crippen molar-refractivity contribution in [2.24, 2.45) is 12.0 Å². The molecule has 1 heterocycles. The number of nitrogens with one attached hydrogen (secondary N) is 2. The summed E-state index contributed by atoms with van der Waals surface area (Å²) in [7, 11) is 2.01. The summed E-state index contributed by atoms with van der Waals surface area (Å²) < 4.78 is 15.3. The molecule has 0 fully saturated rings. The summed E-state index contributed by atoms with van der Waals surface area (Å²) in [5, 5.41) is 6.60. The largest absolute Gasteiger partial charge is 0.357 e. The van der Waals surface area contributed by atoms with E-state index in [2.05, 4.69) is 31.2 Å². The molecule has 0 atom stereocenters. The van der Waals surface area contributed by atoms with Crippen LogP contribution < -0.4 is 10.6 Å². The maximum absolute atomic E-state index is 13.2. The molecule has 3 rings (SSSR count). The van der Waals surface area contributed by atoms with Crippen LogP contribution >= 0.6 is 0 Å². The SMILES string of the molecule is CCNC(=NCc1nc2ccccc2n1C)NCCc1ccc(F)cc1C. The fourth-order valence-electron chi connectivity index (χ4n) is 3.08. The highest BCUT2D eigenvalue weighted by atomic mass is 19.1. The summed E-state index contributed by atoms with van der Waals surface area (Å²) in [4.78, 5) is 9.32. The van der Waals surface area contributed by atoms with Gasteiger partial charge in [-0.05, 0) is 55.7 Å². The number of hydrogen-bond donors (Lipinski definition) is 2. The summed E-state index contributed by atoms with van der Waals surface area (Å²) in [6.45, 7) is 5.97. The molecule has 0 spiro atoms. The van der Waals surface area contributed by atoms with E-state index in [9.17, 15) is 4.39 Å². The molecule has 0 saturated heterocycles. The second-order valence-electron chi connectivity index (χ2n) is 6.52. The zero-order valence-corrected chi connectivity index (χ0v) is 16.1. The van der Waals surface area contributed by atoms with Gasteiger partial charge < -0.3 is 15.2 Å². The highest BCUT2D eigenvalue weighted by Gasteiger charge is 2.07. The molecular weight excluding hydrogens is 341 g/mol. The van der Waals surface area contributed by atoms with Crippen LogP contribution in [0.15, 0.2) is 47.5 Å². The Labute approximate surface area is 159 Å². The molecule has 0 unspecified atom stereocenters. The van der Waals surface area contributed by atoms with Gasteiger partial charge in [-0.15, -0.1) is 0 Å². The molecule has 6 heteroatoms. The molecule has 0 saturated carbocycles. The molecule has 0 aliphatic heterocycles. The Morgan fingerprint density at radius 3 is 2.74 bits per heavy atom. The van der Waals surface area contributed by atoms with Crippen molar-refractivity contribution < 1.29 is 4.39 Å². The number of aryl methyl sites for hydroxylation is 2. The predicted octanol–water partition coefficient (Wildman–Crippen LogP) is 3.32. The monoisotopic (exact) mass is 367 g/mol. The van der Waals surface area contributed by atoms with Gasteiger partial charge in [-0.1, -0.05) is 18.2 Å². The number of hydrogen-bond acceptors (Lipinski definition) is 2. The van der Waals surface area contributed by atoms with Crippen molar-refractivity contribution in [3.05, 3.63) is 65.2 Å². The van der Waals surface area contributed by atoms with E-state index in [0.29, 0.717) is 6.54 Å². The van der Waals surface area contributed by atoms with Crippen molar-refractivity contribution in [3.8, 4) is 0 Å². The molecule has 0 aliphatic carbocycles. The normalized spacial score (nSPS) is 11.8. The van der Waals surface area contributed by atoms with Gasteiger partial charge in [-0.3, -0.25) is 0 Å². The number of aliphatic imine (C=N–C) groups is 1.